The van der Waals surface area contributed by atoms with E-state index in [0.717, 1.165) is 0 Å². The van der Waals surface area contributed by atoms with Crippen LogP contribution in [0.4, 0.5) is 5.69 Å². The van der Waals surface area contributed by atoms with Gasteiger partial charge in [-0.15, -0.1) is 0 Å². The van der Waals surface area contributed by atoms with Crippen molar-refractivity contribution in [3.8, 4) is 0 Å². The largest absolute Gasteiger partial charge is 0.480 e. The molecular formula is C12H13BrN2O5. The van der Waals surface area contributed by atoms with Gasteiger partial charge in [-0.1, -0.05) is 29.3 Å². The van der Waals surface area contributed by atoms with Crippen molar-refractivity contribution >= 4 is 33.5 Å². The lowest BCUT2D eigenvalue weighted by molar-refractivity contribution is -0.385. The van der Waals surface area contributed by atoms with Gasteiger partial charge in [0.15, 0.2) is 0 Å². The number of aliphatic carboxylic acids is 1. The van der Waals surface area contributed by atoms with Gasteiger partial charge in [0.1, 0.15) is 11.6 Å². The molecular weight excluding hydrogens is 332 g/mol. The molecule has 0 radical (unpaired) electrons. The maximum absolute atomic E-state index is 12.0. The lowest BCUT2D eigenvalue weighted by atomic mass is 10.1. The fourth-order valence-electron chi connectivity index (χ4n) is 1.63. The Morgan fingerprint density at radius 3 is 2.65 bits per heavy atom. The Labute approximate surface area is 123 Å². The first-order chi connectivity index (χ1) is 9.36. The first-order valence-electron chi connectivity index (χ1n) is 5.84. The fraction of sp³-hybridized carbons (Fsp3) is 0.333. The first kappa shape index (κ1) is 16.1. The van der Waals surface area contributed by atoms with Gasteiger partial charge >= 0.3 is 5.97 Å². The second-order valence-electron chi connectivity index (χ2n) is 4.07. The number of carboxylic acid groups (broad SMARTS) is 1. The number of hydrogen-bond donors (Lipinski definition) is 2. The summed E-state index contributed by atoms with van der Waals surface area (Å²) < 4.78 is 0.462. The van der Waals surface area contributed by atoms with E-state index >= 15 is 0 Å². The van der Waals surface area contributed by atoms with E-state index in [4.69, 9.17) is 5.11 Å². The maximum Gasteiger partial charge on any atom is 0.326 e. The molecule has 0 aromatic heterocycles. The number of benzene rings is 1. The van der Waals surface area contributed by atoms with E-state index in [1.165, 1.54) is 18.2 Å². The van der Waals surface area contributed by atoms with Gasteiger partial charge in [0.2, 0.25) is 0 Å². The molecule has 1 amide bonds. The summed E-state index contributed by atoms with van der Waals surface area (Å²) in [6.07, 6.45) is 0.824. The van der Waals surface area contributed by atoms with Crippen LogP contribution in [0.5, 0.6) is 0 Å². The van der Waals surface area contributed by atoms with Crippen LogP contribution in [-0.4, -0.2) is 27.9 Å². The van der Waals surface area contributed by atoms with Crippen LogP contribution in [-0.2, 0) is 4.79 Å². The predicted octanol–water partition coefficient (Wildman–Crippen LogP) is 2.34. The Hall–Kier alpha value is -1.96. The van der Waals surface area contributed by atoms with Crippen molar-refractivity contribution in [2.45, 2.75) is 25.8 Å². The molecule has 1 atom stereocenters. The summed E-state index contributed by atoms with van der Waals surface area (Å²) >= 11 is 3.08. The second-order valence-corrected chi connectivity index (χ2v) is 4.99. The standard InChI is InChI=1S/C12H13BrN2O5/c1-2-3-9(12(17)18)14-11(16)8-5-4-7(13)6-10(8)15(19)20/h4-6,9H,2-3H2,1H3,(H,14,16)(H,17,18). The molecule has 2 N–H and O–H groups in total. The Kier molecular flexibility index (Phi) is 5.63. The number of nitrogens with one attached hydrogen (secondary N) is 1. The maximum atomic E-state index is 12.0. The number of nitrogens with zero attached hydrogens (tertiary/aromatic N) is 1. The van der Waals surface area contributed by atoms with E-state index in [1.807, 2.05) is 0 Å². The predicted molar refractivity (Wildman–Crippen MR) is 74.6 cm³/mol. The summed E-state index contributed by atoms with van der Waals surface area (Å²) in [7, 11) is 0. The smallest absolute Gasteiger partial charge is 0.326 e. The van der Waals surface area contributed by atoms with Crippen LogP contribution < -0.4 is 5.32 Å². The van der Waals surface area contributed by atoms with E-state index in [0.29, 0.717) is 10.9 Å². The average molecular weight is 345 g/mol. The number of halogens is 1. The normalized spacial score (nSPS) is 11.7. The van der Waals surface area contributed by atoms with Gasteiger partial charge in [0, 0.05) is 10.5 Å². The first-order valence-corrected chi connectivity index (χ1v) is 6.63. The molecule has 0 fully saturated rings. The third kappa shape index (κ3) is 4.02. The van der Waals surface area contributed by atoms with Crippen LogP contribution in [0, 0.1) is 10.1 Å². The highest BCUT2D eigenvalue weighted by molar-refractivity contribution is 9.10. The van der Waals surface area contributed by atoms with E-state index in [-0.39, 0.29) is 17.7 Å². The molecule has 1 unspecified atom stereocenters. The molecule has 1 aromatic rings. The zero-order chi connectivity index (χ0) is 15.3. The average Bonchev–Trinajstić information content (AvgIpc) is 2.37. The van der Waals surface area contributed by atoms with Crippen LogP contribution in [0.15, 0.2) is 22.7 Å². The van der Waals surface area contributed by atoms with E-state index in [9.17, 15) is 19.7 Å². The number of hydrogen-bond acceptors (Lipinski definition) is 4. The number of nitro benzene ring substituents is 1. The molecule has 1 aromatic carbocycles. The van der Waals surface area contributed by atoms with Crippen molar-refractivity contribution in [3.63, 3.8) is 0 Å². The van der Waals surface area contributed by atoms with Crippen molar-refractivity contribution in [1.82, 2.24) is 5.32 Å². The zero-order valence-electron chi connectivity index (χ0n) is 10.6. The molecule has 0 aliphatic heterocycles. The van der Waals surface area contributed by atoms with Crippen molar-refractivity contribution in [1.29, 1.82) is 0 Å². The topological polar surface area (TPSA) is 110 Å². The van der Waals surface area contributed by atoms with Crippen LogP contribution in [0.2, 0.25) is 0 Å². The molecule has 0 saturated carbocycles. The monoisotopic (exact) mass is 344 g/mol. The van der Waals surface area contributed by atoms with E-state index < -0.39 is 22.8 Å². The zero-order valence-corrected chi connectivity index (χ0v) is 12.2. The third-order valence-electron chi connectivity index (χ3n) is 2.58. The summed E-state index contributed by atoms with van der Waals surface area (Å²) in [4.78, 5) is 33.2. The van der Waals surface area contributed by atoms with Gasteiger partial charge in [-0.05, 0) is 18.6 Å². The summed E-state index contributed by atoms with van der Waals surface area (Å²) in [5.41, 5.74) is -0.543. The van der Waals surface area contributed by atoms with Crippen LogP contribution in [0.3, 0.4) is 0 Å². The number of carbonyl (C=O) groups is 2. The minimum Gasteiger partial charge on any atom is -0.480 e. The Morgan fingerprint density at radius 2 is 2.15 bits per heavy atom. The van der Waals surface area contributed by atoms with Crippen molar-refractivity contribution < 1.29 is 19.6 Å². The number of rotatable bonds is 6. The highest BCUT2D eigenvalue weighted by Gasteiger charge is 2.25. The molecule has 0 saturated heterocycles. The Balaban J connectivity index is 3.03. The highest BCUT2D eigenvalue weighted by atomic mass is 79.9. The quantitative estimate of drug-likeness (QED) is 0.607. The van der Waals surface area contributed by atoms with Gasteiger partial charge in [-0.2, -0.15) is 0 Å². The van der Waals surface area contributed by atoms with Gasteiger partial charge in [0.25, 0.3) is 11.6 Å². The SMILES string of the molecule is CCCC(NC(=O)c1ccc(Br)cc1[N+](=O)[O-])C(=O)O. The molecule has 0 aliphatic carbocycles. The number of carbonyl (C=O) groups excluding carboxylic acids is 1. The Bertz CT molecular complexity index is 547. The number of nitro groups is 1. The van der Waals surface area contributed by atoms with E-state index in [1.54, 1.807) is 6.92 Å². The second kappa shape index (κ2) is 6.99. The minimum atomic E-state index is -1.17. The molecule has 108 valence electrons. The van der Waals surface area contributed by atoms with Crippen molar-refractivity contribution in [3.05, 3.63) is 38.3 Å². The lowest BCUT2D eigenvalue weighted by Crippen LogP contribution is -2.40. The van der Waals surface area contributed by atoms with Crippen LogP contribution >= 0.6 is 15.9 Å². The Morgan fingerprint density at radius 1 is 1.50 bits per heavy atom. The van der Waals surface area contributed by atoms with Gasteiger partial charge in [-0.3, -0.25) is 14.9 Å². The molecule has 8 heteroatoms. The molecule has 0 heterocycles. The fourth-order valence-corrected chi connectivity index (χ4v) is 1.98. The molecule has 0 aliphatic rings. The third-order valence-corrected chi connectivity index (χ3v) is 3.08. The molecule has 1 rings (SSSR count). The molecule has 0 spiro atoms. The highest BCUT2D eigenvalue weighted by Crippen LogP contribution is 2.23. The van der Waals surface area contributed by atoms with Gasteiger partial charge in [-0.25, -0.2) is 4.79 Å². The molecule has 20 heavy (non-hydrogen) atoms. The van der Waals surface area contributed by atoms with Crippen LogP contribution in [0.1, 0.15) is 30.1 Å². The molecule has 7 nitrogen and oxygen atoms in total. The summed E-state index contributed by atoms with van der Waals surface area (Å²) in [5, 5.41) is 22.2. The molecule has 0 bridgehead atoms. The summed E-state index contributed by atoms with van der Waals surface area (Å²) in [5.74, 6) is -1.94. The lowest BCUT2D eigenvalue weighted by Gasteiger charge is -2.13. The van der Waals surface area contributed by atoms with Crippen molar-refractivity contribution in [2.75, 3.05) is 0 Å². The number of amides is 1. The van der Waals surface area contributed by atoms with E-state index in [2.05, 4.69) is 21.2 Å². The summed E-state index contributed by atoms with van der Waals surface area (Å²) in [6, 6.07) is 2.90. The minimum absolute atomic E-state index is 0.166. The summed E-state index contributed by atoms with van der Waals surface area (Å²) in [6.45, 7) is 1.78. The van der Waals surface area contributed by atoms with Gasteiger partial charge < -0.3 is 10.4 Å². The number of carboxylic acids is 1. The van der Waals surface area contributed by atoms with Crippen LogP contribution in [0.25, 0.3) is 0 Å². The van der Waals surface area contributed by atoms with Crippen molar-refractivity contribution in [2.24, 2.45) is 0 Å². The van der Waals surface area contributed by atoms with Gasteiger partial charge in [0.05, 0.1) is 4.92 Å².